The van der Waals surface area contributed by atoms with Crippen molar-refractivity contribution in [1.29, 1.82) is 0 Å². The van der Waals surface area contributed by atoms with Gasteiger partial charge in [-0.25, -0.2) is 9.59 Å². The number of hydrogen-bond donors (Lipinski definition) is 2. The zero-order valence-electron chi connectivity index (χ0n) is 20.6. The quantitative estimate of drug-likeness (QED) is 0.341. The molecule has 0 aromatic heterocycles. The van der Waals surface area contributed by atoms with Crippen molar-refractivity contribution in [3.63, 3.8) is 0 Å². The van der Waals surface area contributed by atoms with Crippen LogP contribution >= 0.6 is 0 Å². The van der Waals surface area contributed by atoms with E-state index in [4.69, 9.17) is 14.2 Å². The van der Waals surface area contributed by atoms with Gasteiger partial charge in [0.25, 0.3) is 0 Å². The molecule has 1 aliphatic heterocycles. The molecule has 0 radical (unpaired) electrons. The van der Waals surface area contributed by atoms with E-state index >= 15 is 0 Å². The Bertz CT molecular complexity index is 620. The topological polar surface area (TPSA) is 114 Å². The van der Waals surface area contributed by atoms with E-state index in [9.17, 15) is 19.5 Å². The fourth-order valence-electron chi connectivity index (χ4n) is 3.49. The minimum Gasteiger partial charge on any atom is -0.464 e. The molecule has 0 aromatic carbocycles. The highest BCUT2D eigenvalue weighted by molar-refractivity contribution is 5.94. The van der Waals surface area contributed by atoms with Crippen LogP contribution in [0.25, 0.3) is 0 Å². The van der Waals surface area contributed by atoms with Crippen LogP contribution in [0.15, 0.2) is 0 Å². The van der Waals surface area contributed by atoms with Gasteiger partial charge in [-0.15, -0.1) is 0 Å². The molecule has 1 aliphatic rings. The zero-order chi connectivity index (χ0) is 24.4. The second-order valence-corrected chi connectivity index (χ2v) is 9.33. The lowest BCUT2D eigenvalue weighted by Gasteiger charge is -2.37. The lowest BCUT2D eigenvalue weighted by molar-refractivity contribution is -0.154. The molecule has 0 unspecified atom stereocenters. The average Bonchev–Trinajstić information content (AvgIpc) is 3.16. The summed E-state index contributed by atoms with van der Waals surface area (Å²) in [5.41, 5.74) is -2.25. The first-order chi connectivity index (χ1) is 15.0. The normalized spacial score (nSPS) is 20.5. The minimum absolute atomic E-state index is 0.249. The number of nitrogens with zero attached hydrogens (tertiary/aromatic N) is 1. The van der Waals surface area contributed by atoms with Crippen LogP contribution in [0.3, 0.4) is 0 Å². The van der Waals surface area contributed by atoms with Crippen molar-refractivity contribution in [3.05, 3.63) is 0 Å². The molecule has 0 aliphatic carbocycles. The molecule has 3 atom stereocenters. The van der Waals surface area contributed by atoms with Crippen molar-refractivity contribution in [3.8, 4) is 0 Å². The summed E-state index contributed by atoms with van der Waals surface area (Å²) in [5.74, 6) is -1.21. The third-order valence-electron chi connectivity index (χ3n) is 5.42. The van der Waals surface area contributed by atoms with E-state index in [1.54, 1.807) is 27.7 Å². The molecule has 0 spiro atoms. The Morgan fingerprint density at radius 1 is 1.12 bits per heavy atom. The van der Waals surface area contributed by atoms with Crippen LogP contribution in [0.2, 0.25) is 0 Å². The van der Waals surface area contributed by atoms with E-state index in [0.717, 1.165) is 19.3 Å². The number of carbonyl (C=O) groups excluding carboxylic acids is 3. The molecule has 9 heteroatoms. The molecule has 32 heavy (non-hydrogen) atoms. The number of unbranched alkanes of at least 4 members (excludes halogenated alkanes) is 2. The highest BCUT2D eigenvalue weighted by Crippen LogP contribution is 2.31. The third kappa shape index (κ3) is 7.92. The Kier molecular flexibility index (Phi) is 11.4. The van der Waals surface area contributed by atoms with E-state index in [0.29, 0.717) is 19.4 Å². The maximum Gasteiger partial charge on any atom is 0.411 e. The van der Waals surface area contributed by atoms with E-state index in [1.807, 2.05) is 13.8 Å². The van der Waals surface area contributed by atoms with Gasteiger partial charge in [0, 0.05) is 13.2 Å². The van der Waals surface area contributed by atoms with Crippen LogP contribution in [0, 0.1) is 0 Å². The highest BCUT2D eigenvalue weighted by atomic mass is 16.6. The second-order valence-electron chi connectivity index (χ2n) is 9.33. The molecule has 1 heterocycles. The van der Waals surface area contributed by atoms with Gasteiger partial charge >= 0.3 is 12.1 Å². The van der Waals surface area contributed by atoms with Crippen LogP contribution in [-0.4, -0.2) is 77.6 Å². The number of amides is 2. The summed E-state index contributed by atoms with van der Waals surface area (Å²) in [6.45, 7) is 11.3. The summed E-state index contributed by atoms with van der Waals surface area (Å²) in [6.07, 6.45) is 2.82. The van der Waals surface area contributed by atoms with E-state index in [1.165, 1.54) is 4.90 Å². The van der Waals surface area contributed by atoms with Crippen LogP contribution in [-0.2, 0) is 23.8 Å². The van der Waals surface area contributed by atoms with Crippen molar-refractivity contribution in [2.45, 2.75) is 103 Å². The Morgan fingerprint density at radius 2 is 1.75 bits per heavy atom. The number of ether oxygens (including phenoxy) is 3. The summed E-state index contributed by atoms with van der Waals surface area (Å²) < 4.78 is 16.5. The fourth-order valence-corrected chi connectivity index (χ4v) is 3.49. The van der Waals surface area contributed by atoms with Gasteiger partial charge in [-0.2, -0.15) is 0 Å². The minimum atomic E-state index is -1.51. The monoisotopic (exact) mass is 458 g/mol. The molecule has 1 rings (SSSR count). The smallest absolute Gasteiger partial charge is 0.411 e. The largest absolute Gasteiger partial charge is 0.464 e. The summed E-state index contributed by atoms with van der Waals surface area (Å²) in [6, 6.07) is -1.05. The first-order valence-electron chi connectivity index (χ1n) is 11.7. The molecule has 1 saturated heterocycles. The van der Waals surface area contributed by atoms with Crippen LogP contribution in [0.5, 0.6) is 0 Å². The number of likely N-dealkylation sites (tertiary alicyclic amines) is 1. The van der Waals surface area contributed by atoms with Crippen LogP contribution in [0.4, 0.5) is 4.79 Å². The Morgan fingerprint density at radius 3 is 2.31 bits per heavy atom. The molecule has 0 bridgehead atoms. The third-order valence-corrected chi connectivity index (χ3v) is 5.42. The average molecular weight is 459 g/mol. The van der Waals surface area contributed by atoms with Gasteiger partial charge in [0.1, 0.15) is 11.1 Å². The van der Waals surface area contributed by atoms with Gasteiger partial charge in [0.2, 0.25) is 5.91 Å². The SMILES string of the molecule is CCCCOC(=O)[C@@H](NC(=O)[C@@]1(CO)CCCN1C(=O)OC(C)(C)C)[C@@H](C)OCCCC. The van der Waals surface area contributed by atoms with Crippen LogP contribution in [0.1, 0.15) is 80.1 Å². The van der Waals surface area contributed by atoms with Gasteiger partial charge in [0.05, 0.1) is 19.3 Å². The molecule has 2 amide bonds. The summed E-state index contributed by atoms with van der Waals surface area (Å²) in [7, 11) is 0. The second kappa shape index (κ2) is 13.0. The molecule has 2 N–H and O–H groups in total. The number of aliphatic hydroxyl groups is 1. The van der Waals surface area contributed by atoms with Gasteiger partial charge in [-0.1, -0.05) is 26.7 Å². The van der Waals surface area contributed by atoms with Crippen molar-refractivity contribution in [2.75, 3.05) is 26.4 Å². The number of hydrogen-bond acceptors (Lipinski definition) is 7. The van der Waals surface area contributed by atoms with Gasteiger partial charge in [-0.05, 0) is 53.4 Å². The Hall–Kier alpha value is -1.87. The Balaban J connectivity index is 3.04. The predicted octanol–water partition coefficient (Wildman–Crippen LogP) is 2.78. The summed E-state index contributed by atoms with van der Waals surface area (Å²) in [4.78, 5) is 40.1. The van der Waals surface area contributed by atoms with Gasteiger partial charge in [-0.3, -0.25) is 9.69 Å². The van der Waals surface area contributed by atoms with Crippen molar-refractivity contribution < 1.29 is 33.7 Å². The first-order valence-corrected chi connectivity index (χ1v) is 11.7. The summed E-state index contributed by atoms with van der Waals surface area (Å²) in [5, 5.41) is 12.9. The zero-order valence-corrected chi connectivity index (χ0v) is 20.6. The van der Waals surface area contributed by atoms with Crippen LogP contribution < -0.4 is 5.32 Å². The summed E-state index contributed by atoms with van der Waals surface area (Å²) >= 11 is 0. The van der Waals surface area contributed by atoms with E-state index in [2.05, 4.69) is 5.32 Å². The lowest BCUT2D eigenvalue weighted by Crippen LogP contribution is -2.63. The maximum absolute atomic E-state index is 13.4. The predicted molar refractivity (Wildman–Crippen MR) is 120 cm³/mol. The molecular weight excluding hydrogens is 416 g/mol. The molecular formula is C23H42N2O7. The lowest BCUT2D eigenvalue weighted by atomic mass is 9.95. The first kappa shape index (κ1) is 28.2. The number of aliphatic hydroxyl groups excluding tert-OH is 1. The maximum atomic E-state index is 13.4. The van der Waals surface area contributed by atoms with E-state index in [-0.39, 0.29) is 19.6 Å². The highest BCUT2D eigenvalue weighted by Gasteiger charge is 2.52. The van der Waals surface area contributed by atoms with Gasteiger partial charge < -0.3 is 24.6 Å². The molecule has 0 saturated carbocycles. The van der Waals surface area contributed by atoms with Gasteiger partial charge in [0.15, 0.2) is 6.04 Å². The molecule has 186 valence electrons. The molecule has 0 aromatic rings. The number of esters is 1. The fraction of sp³-hybridized carbons (Fsp3) is 0.870. The number of carbonyl (C=O) groups is 3. The number of nitrogens with one attached hydrogen (secondary N) is 1. The van der Waals surface area contributed by atoms with Crippen molar-refractivity contribution in [1.82, 2.24) is 10.2 Å². The molecule has 1 fully saturated rings. The van der Waals surface area contributed by atoms with Crippen molar-refractivity contribution in [2.24, 2.45) is 0 Å². The molecule has 9 nitrogen and oxygen atoms in total. The van der Waals surface area contributed by atoms with Crippen molar-refractivity contribution >= 4 is 18.0 Å². The van der Waals surface area contributed by atoms with E-state index < -0.39 is 47.9 Å². The number of rotatable bonds is 12. The standard InChI is InChI=1S/C23H42N2O7/c1-7-9-14-30-17(3)18(19(27)31-15-10-8-2)24-20(28)23(16-26)12-11-13-25(23)21(29)32-22(4,5)6/h17-18,26H,7-16H2,1-6H3,(H,24,28)/t17-,18+,23+/m1/s1. The Labute approximate surface area is 192 Å².